The second-order valence-corrected chi connectivity index (χ2v) is 6.03. The predicted octanol–water partition coefficient (Wildman–Crippen LogP) is 1.58. The predicted molar refractivity (Wildman–Crippen MR) is 75.8 cm³/mol. The van der Waals surface area contributed by atoms with Crippen molar-refractivity contribution in [3.05, 3.63) is 10.6 Å². The Balaban J connectivity index is 2.54. The molecule has 0 saturated heterocycles. The number of anilines is 1. The number of carbonyl (C=O) groups excluding carboxylic acids is 2. The van der Waals surface area contributed by atoms with Gasteiger partial charge in [0.1, 0.15) is 10.5 Å². The lowest BCUT2D eigenvalue weighted by atomic mass is 10.2. The van der Waals surface area contributed by atoms with Crippen LogP contribution < -0.4 is 11.1 Å². The SMILES string of the molecule is COC(=O)c1sc(N)nc1CCNC(=O)OC(C)(C)C. The molecule has 1 aromatic heterocycles. The molecule has 1 rings (SSSR count). The van der Waals surface area contributed by atoms with Gasteiger partial charge in [-0.3, -0.25) is 0 Å². The maximum atomic E-state index is 11.5. The van der Waals surface area contributed by atoms with Crippen molar-refractivity contribution in [3.63, 3.8) is 0 Å². The lowest BCUT2D eigenvalue weighted by Gasteiger charge is -2.19. The molecule has 0 aliphatic heterocycles. The molecule has 112 valence electrons. The number of nitrogens with one attached hydrogen (secondary N) is 1. The number of esters is 1. The van der Waals surface area contributed by atoms with Crippen LogP contribution >= 0.6 is 11.3 Å². The van der Waals surface area contributed by atoms with Crippen LogP contribution in [0.4, 0.5) is 9.93 Å². The van der Waals surface area contributed by atoms with E-state index in [0.29, 0.717) is 23.5 Å². The molecular formula is C12H19N3O4S. The molecule has 1 amide bonds. The molecule has 0 saturated carbocycles. The van der Waals surface area contributed by atoms with E-state index in [9.17, 15) is 9.59 Å². The fraction of sp³-hybridized carbons (Fsp3) is 0.583. The molecule has 20 heavy (non-hydrogen) atoms. The number of rotatable bonds is 4. The van der Waals surface area contributed by atoms with Gasteiger partial charge in [-0.05, 0) is 20.8 Å². The fourth-order valence-corrected chi connectivity index (χ4v) is 2.19. The average Bonchev–Trinajstić information content (AvgIpc) is 2.67. The maximum Gasteiger partial charge on any atom is 0.407 e. The normalized spacial score (nSPS) is 11.0. The molecule has 0 atom stereocenters. The molecule has 8 heteroatoms. The first kappa shape index (κ1) is 16.2. The van der Waals surface area contributed by atoms with Crippen LogP contribution in [-0.4, -0.2) is 36.3 Å². The Morgan fingerprint density at radius 1 is 1.40 bits per heavy atom. The minimum Gasteiger partial charge on any atom is -0.465 e. The Bertz CT molecular complexity index is 493. The van der Waals surface area contributed by atoms with Crippen LogP contribution in [0.25, 0.3) is 0 Å². The van der Waals surface area contributed by atoms with Crippen molar-refractivity contribution in [2.75, 3.05) is 19.4 Å². The zero-order valence-electron chi connectivity index (χ0n) is 12.0. The molecule has 0 fully saturated rings. The van der Waals surface area contributed by atoms with E-state index in [0.717, 1.165) is 11.3 Å². The fourth-order valence-electron chi connectivity index (χ4n) is 1.39. The van der Waals surface area contributed by atoms with Crippen molar-refractivity contribution < 1.29 is 19.1 Å². The van der Waals surface area contributed by atoms with Crippen LogP contribution in [0.5, 0.6) is 0 Å². The molecule has 0 aromatic carbocycles. The van der Waals surface area contributed by atoms with Gasteiger partial charge in [0.15, 0.2) is 5.13 Å². The van der Waals surface area contributed by atoms with E-state index in [1.54, 1.807) is 20.8 Å². The van der Waals surface area contributed by atoms with Crippen molar-refractivity contribution >= 4 is 28.5 Å². The third kappa shape index (κ3) is 5.04. The molecule has 0 radical (unpaired) electrons. The smallest absolute Gasteiger partial charge is 0.407 e. The minimum atomic E-state index is -0.549. The number of nitrogens with two attached hydrogens (primary N) is 1. The number of methoxy groups -OCH3 is 1. The second-order valence-electron chi connectivity index (χ2n) is 5.00. The summed E-state index contributed by atoms with van der Waals surface area (Å²) in [4.78, 5) is 27.4. The number of aromatic nitrogens is 1. The van der Waals surface area contributed by atoms with Gasteiger partial charge in [-0.15, -0.1) is 0 Å². The Morgan fingerprint density at radius 3 is 2.60 bits per heavy atom. The number of nitrogen functional groups attached to an aromatic ring is 1. The topological polar surface area (TPSA) is 104 Å². The number of ether oxygens (including phenoxy) is 2. The molecule has 0 unspecified atom stereocenters. The summed E-state index contributed by atoms with van der Waals surface area (Å²) in [5.41, 5.74) is 5.53. The summed E-state index contributed by atoms with van der Waals surface area (Å²) in [5.74, 6) is -0.480. The third-order valence-corrected chi connectivity index (χ3v) is 3.02. The molecule has 1 heterocycles. The summed E-state index contributed by atoms with van der Waals surface area (Å²) >= 11 is 1.06. The van der Waals surface area contributed by atoms with E-state index < -0.39 is 17.7 Å². The molecule has 0 aliphatic rings. The van der Waals surface area contributed by atoms with Crippen molar-refractivity contribution in [1.29, 1.82) is 0 Å². The Morgan fingerprint density at radius 2 is 2.05 bits per heavy atom. The van der Waals surface area contributed by atoms with Gasteiger partial charge in [0.05, 0.1) is 12.8 Å². The van der Waals surface area contributed by atoms with Crippen molar-refractivity contribution in [2.45, 2.75) is 32.8 Å². The largest absolute Gasteiger partial charge is 0.465 e. The van der Waals surface area contributed by atoms with E-state index >= 15 is 0 Å². The Labute approximate surface area is 121 Å². The number of hydrogen-bond donors (Lipinski definition) is 2. The highest BCUT2D eigenvalue weighted by Gasteiger charge is 2.19. The van der Waals surface area contributed by atoms with Crippen molar-refractivity contribution in [3.8, 4) is 0 Å². The van der Waals surface area contributed by atoms with E-state index in [2.05, 4.69) is 15.0 Å². The van der Waals surface area contributed by atoms with Crippen LogP contribution in [0.3, 0.4) is 0 Å². The summed E-state index contributed by atoms with van der Waals surface area (Å²) in [7, 11) is 1.29. The van der Waals surface area contributed by atoms with E-state index in [1.165, 1.54) is 7.11 Å². The molecule has 3 N–H and O–H groups in total. The first-order chi connectivity index (χ1) is 9.23. The van der Waals surface area contributed by atoms with Gasteiger partial charge in [0.25, 0.3) is 0 Å². The highest BCUT2D eigenvalue weighted by molar-refractivity contribution is 7.17. The van der Waals surface area contributed by atoms with Crippen LogP contribution in [0.2, 0.25) is 0 Å². The van der Waals surface area contributed by atoms with Gasteiger partial charge in [0, 0.05) is 13.0 Å². The number of nitrogens with zero attached hydrogens (tertiary/aromatic N) is 1. The average molecular weight is 301 g/mol. The second kappa shape index (κ2) is 6.56. The Hall–Kier alpha value is -1.83. The van der Waals surface area contributed by atoms with E-state index in [4.69, 9.17) is 10.5 Å². The number of alkyl carbamates (subject to hydrolysis) is 1. The lowest BCUT2D eigenvalue weighted by molar-refractivity contribution is 0.0528. The van der Waals surface area contributed by atoms with E-state index in [1.807, 2.05) is 0 Å². The van der Waals surface area contributed by atoms with Crippen LogP contribution in [0.1, 0.15) is 36.1 Å². The number of thiazole rings is 1. The van der Waals surface area contributed by atoms with Crippen LogP contribution in [0, 0.1) is 0 Å². The monoisotopic (exact) mass is 301 g/mol. The quantitative estimate of drug-likeness (QED) is 0.818. The van der Waals surface area contributed by atoms with Crippen molar-refractivity contribution in [2.24, 2.45) is 0 Å². The molecule has 7 nitrogen and oxygen atoms in total. The maximum absolute atomic E-state index is 11.5. The first-order valence-electron chi connectivity index (χ1n) is 6.03. The standard InChI is InChI=1S/C12H19N3O4S/c1-12(2,3)19-11(17)14-6-5-7-8(9(16)18-4)20-10(13)15-7/h5-6H2,1-4H3,(H2,13,15)(H,14,17). The first-order valence-corrected chi connectivity index (χ1v) is 6.85. The molecule has 0 bridgehead atoms. The van der Waals surface area contributed by atoms with Crippen LogP contribution in [-0.2, 0) is 15.9 Å². The summed E-state index contributed by atoms with van der Waals surface area (Å²) in [6.45, 7) is 5.64. The summed E-state index contributed by atoms with van der Waals surface area (Å²) in [6, 6.07) is 0. The van der Waals surface area contributed by atoms with Gasteiger partial charge >= 0.3 is 12.1 Å². The summed E-state index contributed by atoms with van der Waals surface area (Å²) < 4.78 is 9.74. The highest BCUT2D eigenvalue weighted by Crippen LogP contribution is 2.21. The van der Waals surface area contributed by atoms with Gasteiger partial charge in [0.2, 0.25) is 0 Å². The number of hydrogen-bond acceptors (Lipinski definition) is 7. The molecule has 0 aliphatic carbocycles. The van der Waals surface area contributed by atoms with Gasteiger partial charge in [-0.2, -0.15) is 0 Å². The van der Waals surface area contributed by atoms with Crippen molar-refractivity contribution in [1.82, 2.24) is 10.3 Å². The number of amides is 1. The van der Waals surface area contributed by atoms with Gasteiger partial charge < -0.3 is 20.5 Å². The molecule has 0 spiro atoms. The van der Waals surface area contributed by atoms with E-state index in [-0.39, 0.29) is 5.13 Å². The minimum absolute atomic E-state index is 0.290. The zero-order chi connectivity index (χ0) is 15.3. The Kier molecular flexibility index (Phi) is 5.32. The third-order valence-electron chi connectivity index (χ3n) is 2.11. The molecular weight excluding hydrogens is 282 g/mol. The lowest BCUT2D eigenvalue weighted by Crippen LogP contribution is -2.33. The summed E-state index contributed by atoms with van der Waals surface area (Å²) in [6.07, 6.45) is -0.141. The summed E-state index contributed by atoms with van der Waals surface area (Å²) in [5, 5.41) is 2.88. The molecule has 1 aromatic rings. The van der Waals surface area contributed by atoms with Gasteiger partial charge in [-0.25, -0.2) is 14.6 Å². The highest BCUT2D eigenvalue weighted by atomic mass is 32.1. The zero-order valence-corrected chi connectivity index (χ0v) is 12.8. The van der Waals surface area contributed by atoms with Gasteiger partial charge in [-0.1, -0.05) is 11.3 Å². The van der Waals surface area contributed by atoms with Crippen LogP contribution in [0.15, 0.2) is 0 Å². The number of carbonyl (C=O) groups is 2.